The first-order valence-corrected chi connectivity index (χ1v) is 9.13. The Bertz CT molecular complexity index is 858. The van der Waals surface area contributed by atoms with Crippen molar-refractivity contribution < 1.29 is 4.79 Å². The van der Waals surface area contributed by atoms with Crippen LogP contribution in [-0.2, 0) is 11.2 Å². The number of aryl methyl sites for hydroxylation is 2. The van der Waals surface area contributed by atoms with Gasteiger partial charge in [-0.15, -0.1) is 10.2 Å². The van der Waals surface area contributed by atoms with Gasteiger partial charge in [-0.25, -0.2) is 0 Å². The summed E-state index contributed by atoms with van der Waals surface area (Å²) < 4.78 is 1.89. The molecule has 1 N–H and O–H groups in total. The molecule has 0 saturated carbocycles. The van der Waals surface area contributed by atoms with Gasteiger partial charge in [0.1, 0.15) is 6.33 Å². The van der Waals surface area contributed by atoms with Crippen LogP contribution in [0.15, 0.2) is 60.0 Å². The van der Waals surface area contributed by atoms with Gasteiger partial charge in [0, 0.05) is 11.4 Å². The van der Waals surface area contributed by atoms with Crippen molar-refractivity contribution in [2.45, 2.75) is 25.4 Å². The van der Waals surface area contributed by atoms with Crippen LogP contribution in [-0.4, -0.2) is 26.4 Å². The maximum atomic E-state index is 12.3. The smallest absolute Gasteiger partial charge is 0.234 e. The van der Waals surface area contributed by atoms with Gasteiger partial charge in [-0.1, -0.05) is 54.6 Å². The third kappa shape index (κ3) is 4.28. The average Bonchev–Trinajstić information content (AvgIpc) is 3.09. The van der Waals surface area contributed by atoms with E-state index in [9.17, 15) is 4.79 Å². The number of thioether (sulfide) groups is 1. The fourth-order valence-corrected chi connectivity index (χ4v) is 3.20. The van der Waals surface area contributed by atoms with Gasteiger partial charge in [-0.3, -0.25) is 9.36 Å². The summed E-state index contributed by atoms with van der Waals surface area (Å²) in [6, 6.07) is 16.0. The van der Waals surface area contributed by atoms with Gasteiger partial charge in [0.05, 0.1) is 5.75 Å². The van der Waals surface area contributed by atoms with Crippen LogP contribution in [0.3, 0.4) is 0 Å². The van der Waals surface area contributed by atoms with Crippen LogP contribution >= 0.6 is 11.8 Å². The molecule has 5 nitrogen and oxygen atoms in total. The third-order valence-electron chi connectivity index (χ3n) is 3.83. The molecule has 0 aliphatic heterocycles. The van der Waals surface area contributed by atoms with Crippen LogP contribution in [0.2, 0.25) is 0 Å². The second kappa shape index (κ2) is 7.98. The Balaban J connectivity index is 1.65. The molecule has 0 radical (unpaired) electrons. The zero-order valence-corrected chi connectivity index (χ0v) is 15.1. The summed E-state index contributed by atoms with van der Waals surface area (Å²) in [4.78, 5) is 12.3. The van der Waals surface area contributed by atoms with Gasteiger partial charge in [0.15, 0.2) is 5.16 Å². The fraction of sp³-hybridized carbons (Fsp3) is 0.211. The first-order chi connectivity index (χ1) is 12.2. The van der Waals surface area contributed by atoms with Crippen LogP contribution in [0.5, 0.6) is 0 Å². The van der Waals surface area contributed by atoms with Crippen molar-refractivity contribution in [3.8, 4) is 5.69 Å². The molecule has 0 bridgehead atoms. The summed E-state index contributed by atoms with van der Waals surface area (Å²) in [5.41, 5.74) is 4.18. The number of nitrogens with one attached hydrogen (secondary N) is 1. The van der Waals surface area contributed by atoms with E-state index in [2.05, 4.69) is 22.4 Å². The van der Waals surface area contributed by atoms with E-state index in [0.29, 0.717) is 5.16 Å². The highest BCUT2D eigenvalue weighted by molar-refractivity contribution is 7.99. The molecule has 0 unspecified atom stereocenters. The fourth-order valence-electron chi connectivity index (χ4n) is 2.47. The summed E-state index contributed by atoms with van der Waals surface area (Å²) in [6.07, 6.45) is 2.54. The molecule has 3 rings (SSSR count). The molecule has 1 aromatic heterocycles. The number of hydrogen-bond acceptors (Lipinski definition) is 4. The second-order valence-corrected chi connectivity index (χ2v) is 6.61. The summed E-state index contributed by atoms with van der Waals surface area (Å²) in [5, 5.41) is 11.8. The Morgan fingerprint density at radius 3 is 2.68 bits per heavy atom. The molecule has 1 heterocycles. The van der Waals surface area contributed by atoms with Crippen molar-refractivity contribution in [1.82, 2.24) is 14.8 Å². The van der Waals surface area contributed by atoms with E-state index in [4.69, 9.17) is 0 Å². The number of amides is 1. The van der Waals surface area contributed by atoms with E-state index in [-0.39, 0.29) is 11.7 Å². The number of benzene rings is 2. The minimum Gasteiger partial charge on any atom is -0.325 e. The molecule has 0 saturated heterocycles. The number of anilines is 1. The van der Waals surface area contributed by atoms with Crippen molar-refractivity contribution in [2.75, 3.05) is 11.1 Å². The predicted octanol–water partition coefficient (Wildman–Crippen LogP) is 3.87. The predicted molar refractivity (Wildman–Crippen MR) is 101 cm³/mol. The number of hydrogen-bond donors (Lipinski definition) is 1. The maximum Gasteiger partial charge on any atom is 0.234 e. The van der Waals surface area contributed by atoms with Crippen LogP contribution in [0.25, 0.3) is 5.69 Å². The quantitative estimate of drug-likeness (QED) is 0.684. The number of aromatic nitrogens is 3. The lowest BCUT2D eigenvalue weighted by Gasteiger charge is -2.10. The zero-order valence-electron chi connectivity index (χ0n) is 14.3. The lowest BCUT2D eigenvalue weighted by Crippen LogP contribution is -2.15. The highest BCUT2D eigenvalue weighted by Gasteiger charge is 2.11. The monoisotopic (exact) mass is 352 g/mol. The van der Waals surface area contributed by atoms with Crippen molar-refractivity contribution in [1.29, 1.82) is 0 Å². The average molecular weight is 352 g/mol. The first kappa shape index (κ1) is 17.2. The molecule has 2 aromatic carbocycles. The summed E-state index contributed by atoms with van der Waals surface area (Å²) in [6.45, 7) is 4.12. The Hall–Kier alpha value is -2.60. The first-order valence-electron chi connectivity index (χ1n) is 8.15. The molecule has 0 aliphatic rings. The minimum absolute atomic E-state index is 0.0515. The Morgan fingerprint density at radius 2 is 1.92 bits per heavy atom. The van der Waals surface area contributed by atoms with Crippen molar-refractivity contribution in [3.63, 3.8) is 0 Å². The number of para-hydroxylation sites is 1. The maximum absolute atomic E-state index is 12.3. The van der Waals surface area contributed by atoms with Gasteiger partial charge in [0.2, 0.25) is 5.91 Å². The molecule has 0 fully saturated rings. The van der Waals surface area contributed by atoms with E-state index in [1.807, 2.05) is 60.0 Å². The highest BCUT2D eigenvalue weighted by atomic mass is 32.2. The third-order valence-corrected chi connectivity index (χ3v) is 4.78. The van der Waals surface area contributed by atoms with Gasteiger partial charge >= 0.3 is 0 Å². The summed E-state index contributed by atoms with van der Waals surface area (Å²) >= 11 is 1.37. The lowest BCUT2D eigenvalue weighted by atomic mass is 10.1. The van der Waals surface area contributed by atoms with Gasteiger partial charge in [-0.05, 0) is 37.1 Å². The van der Waals surface area contributed by atoms with E-state index in [1.165, 1.54) is 17.3 Å². The molecule has 0 aliphatic carbocycles. The largest absolute Gasteiger partial charge is 0.325 e. The molecular formula is C19H20N4OS. The minimum atomic E-state index is -0.0515. The van der Waals surface area contributed by atoms with Gasteiger partial charge in [0.25, 0.3) is 0 Å². The number of carbonyl (C=O) groups excluding carboxylic acids is 1. The SMILES string of the molecule is CCc1ccccc1NC(=O)CSc1nncn1-c1ccc(C)cc1. The van der Waals surface area contributed by atoms with E-state index in [1.54, 1.807) is 6.33 Å². The lowest BCUT2D eigenvalue weighted by molar-refractivity contribution is -0.113. The molecule has 3 aromatic rings. The molecule has 1 amide bonds. The number of rotatable bonds is 6. The van der Waals surface area contributed by atoms with Gasteiger partial charge in [-0.2, -0.15) is 0 Å². The molecule has 0 spiro atoms. The van der Waals surface area contributed by atoms with E-state index < -0.39 is 0 Å². The second-order valence-electron chi connectivity index (χ2n) is 5.67. The van der Waals surface area contributed by atoms with Crippen LogP contribution in [0, 0.1) is 6.92 Å². The van der Waals surface area contributed by atoms with Crippen molar-refractivity contribution in [3.05, 3.63) is 66.0 Å². The van der Waals surface area contributed by atoms with Gasteiger partial charge < -0.3 is 5.32 Å². The Labute approximate surface area is 151 Å². The van der Waals surface area contributed by atoms with Crippen molar-refractivity contribution >= 4 is 23.4 Å². The molecule has 25 heavy (non-hydrogen) atoms. The summed E-state index contributed by atoms with van der Waals surface area (Å²) in [7, 11) is 0. The van der Waals surface area contributed by atoms with Crippen molar-refractivity contribution in [2.24, 2.45) is 0 Å². The zero-order chi connectivity index (χ0) is 17.6. The topological polar surface area (TPSA) is 59.8 Å². The number of nitrogens with zero attached hydrogens (tertiary/aromatic N) is 3. The van der Waals surface area contributed by atoms with Crippen LogP contribution < -0.4 is 5.32 Å². The van der Waals surface area contributed by atoms with E-state index in [0.717, 1.165) is 23.4 Å². The molecule has 128 valence electrons. The Kier molecular flexibility index (Phi) is 5.50. The molecular weight excluding hydrogens is 332 g/mol. The number of carbonyl (C=O) groups is 1. The van der Waals surface area contributed by atoms with Crippen LogP contribution in [0.4, 0.5) is 5.69 Å². The van der Waals surface area contributed by atoms with Crippen LogP contribution in [0.1, 0.15) is 18.1 Å². The normalized spacial score (nSPS) is 10.6. The standard InChI is InChI=1S/C19H20N4OS/c1-3-15-6-4-5-7-17(15)21-18(24)12-25-19-22-20-13-23(19)16-10-8-14(2)9-11-16/h4-11,13H,3,12H2,1-2H3,(H,21,24). The Morgan fingerprint density at radius 1 is 1.16 bits per heavy atom. The highest BCUT2D eigenvalue weighted by Crippen LogP contribution is 2.21. The summed E-state index contributed by atoms with van der Waals surface area (Å²) in [5.74, 6) is 0.229. The molecule has 0 atom stereocenters. The van der Waals surface area contributed by atoms with E-state index >= 15 is 0 Å². The molecule has 6 heteroatoms.